The molecule has 0 aliphatic heterocycles. The van der Waals surface area contributed by atoms with Gasteiger partial charge in [-0.25, -0.2) is 4.98 Å². The van der Waals surface area contributed by atoms with E-state index in [9.17, 15) is 0 Å². The van der Waals surface area contributed by atoms with E-state index >= 15 is 0 Å². The zero-order chi connectivity index (χ0) is 11.4. The van der Waals surface area contributed by atoms with Crippen LogP contribution in [0.5, 0.6) is 0 Å². The highest BCUT2D eigenvalue weighted by Gasteiger charge is 2.22. The van der Waals surface area contributed by atoms with E-state index in [1.807, 2.05) is 12.5 Å². The lowest BCUT2D eigenvalue weighted by molar-refractivity contribution is 0.260. The minimum absolute atomic E-state index is 0.587. The Balaban J connectivity index is 2.06. The molecule has 3 heteroatoms. The summed E-state index contributed by atoms with van der Waals surface area (Å²) in [6.45, 7) is 3.04. The lowest BCUT2D eigenvalue weighted by Gasteiger charge is -2.29. The Morgan fingerprint density at radius 1 is 1.44 bits per heavy atom. The van der Waals surface area contributed by atoms with Crippen molar-refractivity contribution in [3.63, 3.8) is 0 Å². The van der Waals surface area contributed by atoms with Gasteiger partial charge in [-0.2, -0.15) is 0 Å². The lowest BCUT2D eigenvalue weighted by atomic mass is 9.84. The van der Waals surface area contributed by atoms with Gasteiger partial charge in [0, 0.05) is 24.4 Å². The van der Waals surface area contributed by atoms with Crippen LogP contribution in [0, 0.1) is 5.92 Å². The highest BCUT2D eigenvalue weighted by molar-refractivity contribution is 5.01. The Hall–Kier alpha value is -0.830. The van der Waals surface area contributed by atoms with Crippen LogP contribution >= 0.6 is 0 Å². The molecule has 0 aromatic carbocycles. The van der Waals surface area contributed by atoms with Crippen molar-refractivity contribution in [2.24, 2.45) is 11.7 Å². The van der Waals surface area contributed by atoms with Crippen LogP contribution in [-0.4, -0.2) is 16.1 Å². The predicted molar refractivity (Wildman–Crippen MR) is 66.3 cm³/mol. The minimum atomic E-state index is 0.587. The molecule has 90 valence electrons. The van der Waals surface area contributed by atoms with Gasteiger partial charge in [-0.3, -0.25) is 0 Å². The molecule has 1 unspecified atom stereocenters. The van der Waals surface area contributed by atoms with E-state index in [0.717, 1.165) is 12.3 Å². The number of rotatable bonds is 4. The van der Waals surface area contributed by atoms with Crippen molar-refractivity contribution in [1.82, 2.24) is 9.55 Å². The summed E-state index contributed by atoms with van der Waals surface area (Å²) in [7, 11) is 0. The monoisotopic (exact) mass is 221 g/mol. The molecule has 1 saturated carbocycles. The summed E-state index contributed by atoms with van der Waals surface area (Å²) in [5.41, 5.74) is 6.92. The van der Waals surface area contributed by atoms with Gasteiger partial charge in [0.05, 0.1) is 6.33 Å². The van der Waals surface area contributed by atoms with Gasteiger partial charge < -0.3 is 10.3 Å². The summed E-state index contributed by atoms with van der Waals surface area (Å²) >= 11 is 0. The average Bonchev–Trinajstić information content (AvgIpc) is 2.78. The molecule has 2 N–H and O–H groups in total. The molecule has 1 fully saturated rings. The van der Waals surface area contributed by atoms with Crippen LogP contribution in [0.25, 0.3) is 0 Å². The van der Waals surface area contributed by atoms with Gasteiger partial charge in [0.2, 0.25) is 0 Å². The fraction of sp³-hybridized carbons (Fsp3) is 0.769. The zero-order valence-corrected chi connectivity index (χ0v) is 10.2. The third-order valence-electron chi connectivity index (χ3n) is 3.92. The van der Waals surface area contributed by atoms with Crippen LogP contribution in [0.15, 0.2) is 12.5 Å². The highest BCUT2D eigenvalue weighted by Crippen LogP contribution is 2.33. The topological polar surface area (TPSA) is 43.8 Å². The zero-order valence-electron chi connectivity index (χ0n) is 10.2. The summed E-state index contributed by atoms with van der Waals surface area (Å²) in [6, 6.07) is 0.587. The first-order valence-electron chi connectivity index (χ1n) is 6.53. The van der Waals surface area contributed by atoms with Crippen molar-refractivity contribution < 1.29 is 0 Å². The van der Waals surface area contributed by atoms with Gasteiger partial charge in [0.1, 0.15) is 0 Å². The van der Waals surface area contributed by atoms with E-state index in [2.05, 4.69) is 16.5 Å². The third-order valence-corrected chi connectivity index (χ3v) is 3.92. The van der Waals surface area contributed by atoms with E-state index in [1.165, 1.54) is 37.8 Å². The molecule has 16 heavy (non-hydrogen) atoms. The summed E-state index contributed by atoms with van der Waals surface area (Å²) in [5, 5.41) is 0. The molecule has 0 amide bonds. The summed E-state index contributed by atoms with van der Waals surface area (Å²) in [4.78, 5) is 4.26. The van der Waals surface area contributed by atoms with Crippen molar-refractivity contribution in [2.75, 3.05) is 6.54 Å². The molecule has 1 aliphatic carbocycles. The van der Waals surface area contributed by atoms with E-state index in [1.54, 1.807) is 0 Å². The maximum absolute atomic E-state index is 5.63. The van der Waals surface area contributed by atoms with Gasteiger partial charge in [-0.05, 0) is 32.2 Å². The van der Waals surface area contributed by atoms with Gasteiger partial charge in [-0.1, -0.05) is 19.3 Å². The molecule has 0 radical (unpaired) electrons. The first-order chi connectivity index (χ1) is 7.83. The Bertz CT molecular complexity index is 313. The van der Waals surface area contributed by atoms with E-state index in [-0.39, 0.29) is 0 Å². The van der Waals surface area contributed by atoms with E-state index in [4.69, 9.17) is 5.73 Å². The standard InChI is InChI=1S/C13H23N3/c1-11(12-5-3-2-4-6-12)16-10-15-9-13(16)7-8-14/h9-12H,2-8,14H2,1H3. The van der Waals surface area contributed by atoms with E-state index < -0.39 is 0 Å². The first kappa shape index (κ1) is 11.6. The number of nitrogens with zero attached hydrogens (tertiary/aromatic N) is 2. The van der Waals surface area contributed by atoms with Crippen molar-refractivity contribution >= 4 is 0 Å². The number of hydrogen-bond acceptors (Lipinski definition) is 2. The van der Waals surface area contributed by atoms with E-state index in [0.29, 0.717) is 12.6 Å². The van der Waals surface area contributed by atoms with Crippen LogP contribution in [-0.2, 0) is 6.42 Å². The summed E-state index contributed by atoms with van der Waals surface area (Å²) in [6.07, 6.45) is 11.9. The summed E-state index contributed by atoms with van der Waals surface area (Å²) in [5.74, 6) is 0.833. The maximum Gasteiger partial charge on any atom is 0.0950 e. The third kappa shape index (κ3) is 2.46. The van der Waals surface area contributed by atoms with Crippen LogP contribution in [0.4, 0.5) is 0 Å². The van der Waals surface area contributed by atoms with Crippen LogP contribution in [0.3, 0.4) is 0 Å². The minimum Gasteiger partial charge on any atom is -0.332 e. The quantitative estimate of drug-likeness (QED) is 0.849. The number of nitrogens with two attached hydrogens (primary N) is 1. The Labute approximate surface area is 98.1 Å². The Morgan fingerprint density at radius 2 is 2.19 bits per heavy atom. The molecule has 3 nitrogen and oxygen atoms in total. The first-order valence-corrected chi connectivity index (χ1v) is 6.53. The molecule has 2 rings (SSSR count). The van der Waals surface area contributed by atoms with Gasteiger partial charge >= 0.3 is 0 Å². The van der Waals surface area contributed by atoms with Crippen molar-refractivity contribution in [3.05, 3.63) is 18.2 Å². The molecular formula is C13H23N3. The van der Waals surface area contributed by atoms with Crippen LogP contribution in [0.1, 0.15) is 50.8 Å². The summed E-state index contributed by atoms with van der Waals surface area (Å²) < 4.78 is 2.34. The molecule has 1 aliphatic rings. The fourth-order valence-corrected chi connectivity index (χ4v) is 2.88. The smallest absolute Gasteiger partial charge is 0.0950 e. The molecule has 0 bridgehead atoms. The molecule has 0 spiro atoms. The molecule has 0 saturated heterocycles. The fourth-order valence-electron chi connectivity index (χ4n) is 2.88. The molecule has 1 aromatic heterocycles. The second kappa shape index (κ2) is 5.48. The average molecular weight is 221 g/mol. The molecule has 1 aromatic rings. The van der Waals surface area contributed by atoms with Gasteiger partial charge in [0.25, 0.3) is 0 Å². The normalized spacial score (nSPS) is 19.9. The van der Waals surface area contributed by atoms with Gasteiger partial charge in [-0.15, -0.1) is 0 Å². The lowest BCUT2D eigenvalue weighted by Crippen LogP contribution is -2.21. The van der Waals surface area contributed by atoms with Crippen molar-refractivity contribution in [3.8, 4) is 0 Å². The second-order valence-electron chi connectivity index (χ2n) is 4.97. The maximum atomic E-state index is 5.63. The Morgan fingerprint density at radius 3 is 2.88 bits per heavy atom. The number of imidazole rings is 1. The molecule has 1 atom stereocenters. The predicted octanol–water partition coefficient (Wildman–Crippen LogP) is 2.53. The van der Waals surface area contributed by atoms with Crippen molar-refractivity contribution in [1.29, 1.82) is 0 Å². The van der Waals surface area contributed by atoms with Gasteiger partial charge in [0.15, 0.2) is 0 Å². The van der Waals surface area contributed by atoms with Crippen molar-refractivity contribution in [2.45, 2.75) is 51.5 Å². The highest BCUT2D eigenvalue weighted by atomic mass is 15.1. The van der Waals surface area contributed by atoms with Crippen LogP contribution < -0.4 is 5.73 Å². The Kier molecular flexibility index (Phi) is 3.99. The van der Waals surface area contributed by atoms with Crippen LogP contribution in [0.2, 0.25) is 0 Å². The second-order valence-corrected chi connectivity index (χ2v) is 4.97. The number of aromatic nitrogens is 2. The SMILES string of the molecule is CC(C1CCCCC1)n1cncc1CCN. The molecule has 1 heterocycles. The number of hydrogen-bond donors (Lipinski definition) is 1. The molecular weight excluding hydrogens is 198 g/mol. The largest absolute Gasteiger partial charge is 0.332 e.